The topological polar surface area (TPSA) is 86.8 Å². The van der Waals surface area contributed by atoms with Gasteiger partial charge in [-0.1, -0.05) is 6.07 Å². The smallest absolute Gasteiger partial charge is 0.254 e. The molecule has 1 aliphatic heterocycles. The van der Waals surface area contributed by atoms with Crippen LogP contribution < -0.4 is 4.72 Å². The van der Waals surface area contributed by atoms with Gasteiger partial charge in [-0.05, 0) is 18.2 Å². The molecule has 0 unspecified atom stereocenters. The Balaban J connectivity index is 2.09. The van der Waals surface area contributed by atoms with Gasteiger partial charge in [-0.3, -0.25) is 14.3 Å². The highest BCUT2D eigenvalue weighted by molar-refractivity contribution is 7.92. The van der Waals surface area contributed by atoms with Crippen LogP contribution in [0, 0.1) is 0 Å². The van der Waals surface area contributed by atoms with Crippen molar-refractivity contribution < 1.29 is 18.0 Å². The summed E-state index contributed by atoms with van der Waals surface area (Å²) in [7, 11) is -3.38. The van der Waals surface area contributed by atoms with Gasteiger partial charge in [-0.15, -0.1) is 0 Å². The first kappa shape index (κ1) is 15.3. The molecule has 7 nitrogen and oxygen atoms in total. The van der Waals surface area contributed by atoms with E-state index in [-0.39, 0.29) is 5.91 Å². The Labute approximate surface area is 123 Å². The van der Waals surface area contributed by atoms with Crippen LogP contribution in [0.1, 0.15) is 10.4 Å². The Morgan fingerprint density at radius 1 is 1.24 bits per heavy atom. The lowest BCUT2D eigenvalue weighted by atomic mass is 10.1. The summed E-state index contributed by atoms with van der Waals surface area (Å²) in [5.41, 5.74) is 0.776. The Hall–Kier alpha value is -2.09. The van der Waals surface area contributed by atoms with Crippen LogP contribution in [0.25, 0.3) is 0 Å². The van der Waals surface area contributed by atoms with E-state index in [1.165, 1.54) is 6.07 Å². The molecular formula is C13H17N3O4S. The molecular weight excluding hydrogens is 294 g/mol. The molecule has 0 radical (unpaired) electrons. The van der Waals surface area contributed by atoms with Crippen molar-refractivity contribution in [1.29, 1.82) is 0 Å². The molecule has 0 aliphatic carbocycles. The van der Waals surface area contributed by atoms with E-state index in [2.05, 4.69) is 4.72 Å². The van der Waals surface area contributed by atoms with Crippen molar-refractivity contribution in [2.24, 2.45) is 0 Å². The summed E-state index contributed by atoms with van der Waals surface area (Å²) in [5, 5.41) is 0. The fraction of sp³-hybridized carbons (Fsp3) is 0.385. The fourth-order valence-corrected chi connectivity index (χ4v) is 2.70. The van der Waals surface area contributed by atoms with Crippen molar-refractivity contribution in [3.63, 3.8) is 0 Å². The van der Waals surface area contributed by atoms with Gasteiger partial charge in [0.1, 0.15) is 0 Å². The average molecular weight is 311 g/mol. The predicted molar refractivity (Wildman–Crippen MR) is 78.4 cm³/mol. The van der Waals surface area contributed by atoms with Crippen LogP contribution in [0.5, 0.6) is 0 Å². The Bertz CT molecular complexity index is 637. The fourth-order valence-electron chi connectivity index (χ4n) is 2.14. The summed E-state index contributed by atoms with van der Waals surface area (Å²) >= 11 is 0. The van der Waals surface area contributed by atoms with E-state index >= 15 is 0 Å². The van der Waals surface area contributed by atoms with E-state index in [1.54, 1.807) is 28.0 Å². The highest BCUT2D eigenvalue weighted by atomic mass is 32.2. The number of rotatable bonds is 4. The van der Waals surface area contributed by atoms with Crippen LogP contribution in [0.15, 0.2) is 24.3 Å². The van der Waals surface area contributed by atoms with Crippen molar-refractivity contribution in [2.75, 3.05) is 37.2 Å². The summed E-state index contributed by atoms with van der Waals surface area (Å²) in [6.07, 6.45) is 1.83. The lowest BCUT2D eigenvalue weighted by Gasteiger charge is -2.32. The van der Waals surface area contributed by atoms with Gasteiger partial charge in [0, 0.05) is 37.4 Å². The molecule has 2 rings (SSSR count). The van der Waals surface area contributed by atoms with Crippen LogP contribution in [0.3, 0.4) is 0 Å². The number of anilines is 1. The monoisotopic (exact) mass is 311 g/mol. The first-order valence-corrected chi connectivity index (χ1v) is 8.35. The third kappa shape index (κ3) is 4.19. The SMILES string of the molecule is CS(=O)(=O)Nc1cccc(C(=O)N2CCN(C=O)CC2)c1. The Morgan fingerprint density at radius 3 is 2.48 bits per heavy atom. The zero-order valence-corrected chi connectivity index (χ0v) is 12.5. The Kier molecular flexibility index (Phi) is 4.46. The number of carbonyl (C=O) groups is 2. The van der Waals surface area contributed by atoms with Crippen molar-refractivity contribution in [3.05, 3.63) is 29.8 Å². The van der Waals surface area contributed by atoms with Gasteiger partial charge < -0.3 is 9.80 Å². The van der Waals surface area contributed by atoms with E-state index in [1.807, 2.05) is 0 Å². The highest BCUT2D eigenvalue weighted by Crippen LogP contribution is 2.14. The van der Waals surface area contributed by atoms with Crippen molar-refractivity contribution >= 4 is 28.0 Å². The van der Waals surface area contributed by atoms with E-state index < -0.39 is 10.0 Å². The first-order valence-electron chi connectivity index (χ1n) is 6.45. The Morgan fingerprint density at radius 2 is 1.90 bits per heavy atom. The maximum atomic E-state index is 12.4. The van der Waals surface area contributed by atoms with Crippen molar-refractivity contribution in [2.45, 2.75) is 0 Å². The van der Waals surface area contributed by atoms with E-state index in [9.17, 15) is 18.0 Å². The van der Waals surface area contributed by atoms with Gasteiger partial charge in [0.2, 0.25) is 16.4 Å². The van der Waals surface area contributed by atoms with Crippen molar-refractivity contribution in [3.8, 4) is 0 Å². The molecule has 1 fully saturated rings. The molecule has 0 spiro atoms. The second-order valence-corrected chi connectivity index (χ2v) is 6.64. The maximum Gasteiger partial charge on any atom is 0.254 e. The minimum Gasteiger partial charge on any atom is -0.342 e. The van der Waals surface area contributed by atoms with Gasteiger partial charge in [-0.25, -0.2) is 8.42 Å². The van der Waals surface area contributed by atoms with E-state index in [0.29, 0.717) is 37.4 Å². The molecule has 21 heavy (non-hydrogen) atoms. The van der Waals surface area contributed by atoms with E-state index in [4.69, 9.17) is 0 Å². The summed E-state index contributed by atoms with van der Waals surface area (Å²) in [6, 6.07) is 6.36. The first-order chi connectivity index (χ1) is 9.89. The summed E-state index contributed by atoms with van der Waals surface area (Å²) in [5.74, 6) is -0.169. The van der Waals surface area contributed by atoms with Gasteiger partial charge in [0.05, 0.1) is 6.26 Å². The average Bonchev–Trinajstić information content (AvgIpc) is 2.45. The number of nitrogens with zero attached hydrogens (tertiary/aromatic N) is 2. The largest absolute Gasteiger partial charge is 0.342 e. The molecule has 0 atom stereocenters. The molecule has 1 aliphatic rings. The molecule has 1 N–H and O–H groups in total. The summed E-state index contributed by atoms with van der Waals surface area (Å²) in [6.45, 7) is 1.97. The van der Waals surface area contributed by atoms with Crippen LogP contribution in [-0.4, -0.2) is 63.0 Å². The number of nitrogens with one attached hydrogen (secondary N) is 1. The maximum absolute atomic E-state index is 12.4. The minimum absolute atomic E-state index is 0.169. The lowest BCUT2D eigenvalue weighted by Crippen LogP contribution is -2.48. The molecule has 2 amide bonds. The third-order valence-corrected chi connectivity index (χ3v) is 3.77. The van der Waals surface area contributed by atoms with E-state index in [0.717, 1.165) is 12.7 Å². The molecule has 0 aromatic heterocycles. The normalized spacial score (nSPS) is 15.7. The van der Waals surface area contributed by atoms with Crippen LogP contribution in [0.4, 0.5) is 5.69 Å². The molecule has 0 bridgehead atoms. The molecule has 1 saturated heterocycles. The summed E-state index contributed by atoms with van der Waals surface area (Å²) < 4.78 is 24.8. The number of amides is 2. The summed E-state index contributed by atoms with van der Waals surface area (Å²) in [4.78, 5) is 26.3. The van der Waals surface area contributed by atoms with Gasteiger partial charge in [0.25, 0.3) is 5.91 Å². The third-order valence-electron chi connectivity index (χ3n) is 3.16. The van der Waals surface area contributed by atoms with Crippen LogP contribution in [0.2, 0.25) is 0 Å². The number of carbonyl (C=O) groups excluding carboxylic acids is 2. The highest BCUT2D eigenvalue weighted by Gasteiger charge is 2.21. The molecule has 1 heterocycles. The van der Waals surface area contributed by atoms with Crippen LogP contribution >= 0.6 is 0 Å². The zero-order chi connectivity index (χ0) is 15.5. The quantitative estimate of drug-likeness (QED) is 0.791. The number of sulfonamides is 1. The lowest BCUT2D eigenvalue weighted by molar-refractivity contribution is -0.119. The molecule has 1 aromatic carbocycles. The zero-order valence-electron chi connectivity index (χ0n) is 11.7. The number of benzene rings is 1. The molecule has 1 aromatic rings. The molecule has 114 valence electrons. The predicted octanol–water partition coefficient (Wildman–Crippen LogP) is -0.0277. The van der Waals surface area contributed by atoms with Gasteiger partial charge in [0.15, 0.2) is 0 Å². The second-order valence-electron chi connectivity index (χ2n) is 4.89. The van der Waals surface area contributed by atoms with Crippen LogP contribution in [-0.2, 0) is 14.8 Å². The molecule has 0 saturated carbocycles. The van der Waals surface area contributed by atoms with Crippen molar-refractivity contribution in [1.82, 2.24) is 9.80 Å². The number of hydrogen-bond acceptors (Lipinski definition) is 4. The minimum atomic E-state index is -3.38. The van der Waals surface area contributed by atoms with Gasteiger partial charge >= 0.3 is 0 Å². The molecule has 8 heteroatoms. The van der Waals surface area contributed by atoms with Gasteiger partial charge in [-0.2, -0.15) is 0 Å². The number of piperazine rings is 1. The second kappa shape index (κ2) is 6.13. The standard InChI is InChI=1S/C13H17N3O4S/c1-21(19,20)14-12-4-2-3-11(9-12)13(18)16-7-5-15(10-17)6-8-16/h2-4,9-10,14H,5-8H2,1H3. The number of hydrogen-bond donors (Lipinski definition) is 1.